The van der Waals surface area contributed by atoms with Crippen molar-refractivity contribution in [3.63, 3.8) is 0 Å². The Kier molecular flexibility index (Phi) is 9.45. The van der Waals surface area contributed by atoms with Crippen LogP contribution in [-0.4, -0.2) is 84.0 Å². The van der Waals surface area contributed by atoms with Crippen molar-refractivity contribution in [3.05, 3.63) is 30.0 Å². The fraction of sp³-hybridized carbons (Fsp3) is 0.500. The van der Waals surface area contributed by atoms with Gasteiger partial charge in [-0.1, -0.05) is 19.9 Å². The number of imide groups is 1. The molecule has 0 aliphatic carbocycles. The van der Waals surface area contributed by atoms with Crippen LogP contribution in [-0.2, 0) is 19.1 Å². The van der Waals surface area contributed by atoms with Gasteiger partial charge in [0.2, 0.25) is 11.8 Å². The molecule has 1 aliphatic heterocycles. The molecular weight excluding hydrogens is 496 g/mol. The van der Waals surface area contributed by atoms with Crippen LogP contribution in [0.25, 0.3) is 10.9 Å². The molecule has 2 heterocycles. The minimum atomic E-state index is -1.18. The number of amides is 4. The zero-order chi connectivity index (χ0) is 28.0. The number of fused-ring (bicyclic) bond motifs is 1. The van der Waals surface area contributed by atoms with E-state index in [4.69, 9.17) is 4.74 Å². The molecule has 0 radical (unpaired) electrons. The normalized spacial score (nSPS) is 16.8. The van der Waals surface area contributed by atoms with E-state index in [9.17, 15) is 29.1 Å². The van der Waals surface area contributed by atoms with Gasteiger partial charge < -0.3 is 30.2 Å². The summed E-state index contributed by atoms with van der Waals surface area (Å²) < 4.78 is 9.94. The molecule has 12 nitrogen and oxygen atoms in total. The number of Topliss-reactive ketones (excluding diaryl/α,β-unsaturated/α-hetero) is 1. The summed E-state index contributed by atoms with van der Waals surface area (Å²) in [6.07, 6.45) is -0.322. The first-order valence-corrected chi connectivity index (χ1v) is 12.4. The molecule has 1 fully saturated rings. The number of aromatic amines is 1. The first-order valence-electron chi connectivity index (χ1n) is 12.4. The maximum atomic E-state index is 13.3. The molecule has 2 aromatic rings. The number of carbonyl (C=O) groups is 5. The largest absolute Gasteiger partial charge is 0.496 e. The summed E-state index contributed by atoms with van der Waals surface area (Å²) >= 11 is 0. The average Bonchev–Trinajstić information content (AvgIpc) is 3.50. The van der Waals surface area contributed by atoms with E-state index in [1.54, 1.807) is 24.3 Å². The Morgan fingerprint density at radius 1 is 1.16 bits per heavy atom. The monoisotopic (exact) mass is 530 g/mol. The highest BCUT2D eigenvalue weighted by Gasteiger charge is 2.39. The Bertz CT molecular complexity index is 1210. The van der Waals surface area contributed by atoms with E-state index in [2.05, 4.69) is 20.4 Å². The predicted molar refractivity (Wildman–Crippen MR) is 136 cm³/mol. The van der Waals surface area contributed by atoms with E-state index >= 15 is 0 Å². The molecule has 12 heteroatoms. The Morgan fingerprint density at radius 3 is 2.53 bits per heavy atom. The molecular formula is C26H34N4O8. The molecule has 3 atom stereocenters. The third-order valence-corrected chi connectivity index (χ3v) is 6.51. The van der Waals surface area contributed by atoms with Crippen molar-refractivity contribution < 1.29 is 38.6 Å². The standard InChI is InChI=1S/C26H34N4O8/c1-14(2)10-19(29-24(34)20-12-16-17(27-20)6-5-7-22(16)37-3)23(33)28-18(21(32)13-31)11-15-8-9-30(25(15)35)26(36)38-4/h5-7,12,14-15,18-19,27,31H,8-11,13H2,1-4H3,(H,28,33)(H,29,34)/t15-,18?,19?/m0/s1. The highest BCUT2D eigenvalue weighted by atomic mass is 16.5. The second-order valence-corrected chi connectivity index (χ2v) is 9.63. The van der Waals surface area contributed by atoms with Gasteiger partial charge in [-0.25, -0.2) is 9.69 Å². The molecule has 2 unspecified atom stereocenters. The predicted octanol–water partition coefficient (Wildman–Crippen LogP) is 1.37. The van der Waals surface area contributed by atoms with Crippen LogP contribution >= 0.6 is 0 Å². The molecule has 4 amide bonds. The lowest BCUT2D eigenvalue weighted by atomic mass is 9.95. The third kappa shape index (κ3) is 6.49. The maximum absolute atomic E-state index is 13.3. The van der Waals surface area contributed by atoms with Crippen LogP contribution in [0, 0.1) is 11.8 Å². The van der Waals surface area contributed by atoms with Crippen LogP contribution in [0.1, 0.15) is 43.6 Å². The van der Waals surface area contributed by atoms with Crippen molar-refractivity contribution in [1.29, 1.82) is 0 Å². The molecule has 0 saturated carbocycles. The lowest BCUT2D eigenvalue weighted by Gasteiger charge is -2.24. The second-order valence-electron chi connectivity index (χ2n) is 9.63. The summed E-state index contributed by atoms with van der Waals surface area (Å²) in [6, 6.07) is 4.81. The summed E-state index contributed by atoms with van der Waals surface area (Å²) in [5, 5.41) is 15.5. The van der Waals surface area contributed by atoms with Crippen LogP contribution in [0.4, 0.5) is 4.79 Å². The van der Waals surface area contributed by atoms with Crippen LogP contribution in [0.5, 0.6) is 5.75 Å². The SMILES string of the molecule is COC(=O)N1CC[C@@H](CC(NC(=O)C(CC(C)C)NC(=O)c2cc3c(OC)cccc3[nH]2)C(=O)CO)C1=O. The van der Waals surface area contributed by atoms with Gasteiger partial charge in [0.1, 0.15) is 24.1 Å². The van der Waals surface area contributed by atoms with Gasteiger partial charge in [0, 0.05) is 23.4 Å². The summed E-state index contributed by atoms with van der Waals surface area (Å²) in [5.74, 6) is -2.44. The van der Waals surface area contributed by atoms with Gasteiger partial charge in [0.05, 0.1) is 20.3 Å². The zero-order valence-corrected chi connectivity index (χ0v) is 21.9. The van der Waals surface area contributed by atoms with Crippen molar-refractivity contribution in [2.75, 3.05) is 27.4 Å². The quantitative estimate of drug-likeness (QED) is 0.338. The Hall–Kier alpha value is -3.93. The molecule has 3 rings (SSSR count). The van der Waals surface area contributed by atoms with E-state index in [0.29, 0.717) is 16.7 Å². The Labute approximate surface area is 220 Å². The number of nitrogens with one attached hydrogen (secondary N) is 3. The van der Waals surface area contributed by atoms with E-state index < -0.39 is 54.2 Å². The lowest BCUT2D eigenvalue weighted by molar-refractivity contribution is -0.133. The second kappa shape index (κ2) is 12.5. The molecule has 4 N–H and O–H groups in total. The number of likely N-dealkylation sites (tertiary alicyclic amines) is 1. The number of ether oxygens (including phenoxy) is 2. The number of rotatable bonds is 11. The highest BCUT2D eigenvalue weighted by Crippen LogP contribution is 2.26. The smallest absolute Gasteiger partial charge is 0.416 e. The summed E-state index contributed by atoms with van der Waals surface area (Å²) in [4.78, 5) is 67.2. The first-order chi connectivity index (χ1) is 18.1. The number of H-pyrrole nitrogens is 1. The summed E-state index contributed by atoms with van der Waals surface area (Å²) in [6.45, 7) is 3.06. The molecule has 1 saturated heterocycles. The summed E-state index contributed by atoms with van der Waals surface area (Å²) in [5.41, 5.74) is 0.920. The minimum Gasteiger partial charge on any atom is -0.496 e. The lowest BCUT2D eigenvalue weighted by Crippen LogP contribution is -2.53. The Balaban J connectivity index is 1.75. The highest BCUT2D eigenvalue weighted by molar-refractivity contribution is 6.02. The van der Waals surface area contributed by atoms with Gasteiger partial charge >= 0.3 is 6.09 Å². The third-order valence-electron chi connectivity index (χ3n) is 6.51. The first kappa shape index (κ1) is 28.6. The van der Waals surface area contributed by atoms with E-state index in [-0.39, 0.29) is 37.4 Å². The number of hydrogen-bond acceptors (Lipinski definition) is 8. The number of nitrogens with zero attached hydrogens (tertiary/aromatic N) is 1. The Morgan fingerprint density at radius 2 is 1.89 bits per heavy atom. The minimum absolute atomic E-state index is 0.0193. The molecule has 0 spiro atoms. The molecule has 0 bridgehead atoms. The van der Waals surface area contributed by atoms with Crippen LogP contribution < -0.4 is 15.4 Å². The molecule has 206 valence electrons. The number of benzene rings is 1. The number of hydrogen-bond donors (Lipinski definition) is 4. The van der Waals surface area contributed by atoms with Gasteiger partial charge in [-0.2, -0.15) is 0 Å². The fourth-order valence-corrected chi connectivity index (χ4v) is 4.55. The molecule has 38 heavy (non-hydrogen) atoms. The molecule has 1 aromatic carbocycles. The maximum Gasteiger partial charge on any atom is 0.416 e. The number of aliphatic hydroxyl groups excluding tert-OH is 1. The number of carbonyl (C=O) groups excluding carboxylic acids is 5. The average molecular weight is 531 g/mol. The fourth-order valence-electron chi connectivity index (χ4n) is 4.55. The van der Waals surface area contributed by atoms with E-state index in [1.807, 2.05) is 13.8 Å². The topological polar surface area (TPSA) is 167 Å². The van der Waals surface area contributed by atoms with Crippen molar-refractivity contribution in [2.45, 2.75) is 45.2 Å². The number of ketones is 1. The molecule has 1 aromatic heterocycles. The van der Waals surface area contributed by atoms with Crippen LogP contribution in [0.15, 0.2) is 24.3 Å². The summed E-state index contributed by atoms with van der Waals surface area (Å²) in [7, 11) is 2.69. The van der Waals surface area contributed by atoms with Gasteiger partial charge in [-0.3, -0.25) is 19.2 Å². The number of aromatic nitrogens is 1. The van der Waals surface area contributed by atoms with E-state index in [1.165, 1.54) is 7.11 Å². The van der Waals surface area contributed by atoms with Crippen molar-refractivity contribution in [2.24, 2.45) is 11.8 Å². The van der Waals surface area contributed by atoms with Gasteiger partial charge in [0.15, 0.2) is 5.78 Å². The van der Waals surface area contributed by atoms with Crippen LogP contribution in [0.3, 0.4) is 0 Å². The number of aliphatic hydroxyl groups is 1. The van der Waals surface area contributed by atoms with Crippen molar-refractivity contribution in [3.8, 4) is 5.75 Å². The van der Waals surface area contributed by atoms with Crippen molar-refractivity contribution >= 4 is 40.5 Å². The van der Waals surface area contributed by atoms with Crippen molar-refractivity contribution in [1.82, 2.24) is 20.5 Å². The number of methoxy groups -OCH3 is 2. The van der Waals surface area contributed by atoms with Gasteiger partial charge in [0.25, 0.3) is 5.91 Å². The van der Waals surface area contributed by atoms with Gasteiger partial charge in [-0.15, -0.1) is 0 Å². The van der Waals surface area contributed by atoms with Crippen LogP contribution in [0.2, 0.25) is 0 Å². The van der Waals surface area contributed by atoms with E-state index in [0.717, 1.165) is 12.0 Å². The zero-order valence-electron chi connectivity index (χ0n) is 21.9. The van der Waals surface area contributed by atoms with Gasteiger partial charge in [-0.05, 0) is 43.4 Å². The molecule has 1 aliphatic rings.